The molecule has 0 fully saturated rings. The Labute approximate surface area is 114 Å². The van der Waals surface area contributed by atoms with Crippen molar-refractivity contribution >= 4 is 23.5 Å². The Balaban J connectivity index is 2.30. The van der Waals surface area contributed by atoms with Crippen molar-refractivity contribution in [2.24, 2.45) is 0 Å². The first-order valence-electron chi connectivity index (χ1n) is 5.44. The second-order valence-electron chi connectivity index (χ2n) is 3.54. The van der Waals surface area contributed by atoms with Crippen LogP contribution in [-0.2, 0) is 14.3 Å². The predicted molar refractivity (Wildman–Crippen MR) is 66.5 cm³/mol. The van der Waals surface area contributed by atoms with Crippen molar-refractivity contribution in [3.05, 3.63) is 29.0 Å². The molecule has 0 aliphatic rings. The van der Waals surface area contributed by atoms with E-state index in [4.69, 9.17) is 16.3 Å². The average molecular weight is 290 g/mol. The Morgan fingerprint density at radius 2 is 2.16 bits per heavy atom. The predicted octanol–water partition coefficient (Wildman–Crippen LogP) is 1.54. The molecule has 0 saturated heterocycles. The van der Waals surface area contributed by atoms with Crippen molar-refractivity contribution in [1.82, 2.24) is 5.32 Å². The third kappa shape index (κ3) is 5.56. The highest BCUT2D eigenvalue weighted by atomic mass is 35.5. The van der Waals surface area contributed by atoms with Crippen molar-refractivity contribution in [3.63, 3.8) is 0 Å². The van der Waals surface area contributed by atoms with Gasteiger partial charge in [-0.1, -0.05) is 11.6 Å². The lowest BCUT2D eigenvalue weighted by Crippen LogP contribution is -2.30. The summed E-state index contributed by atoms with van der Waals surface area (Å²) in [7, 11) is 1.27. The maximum absolute atomic E-state index is 12.9. The van der Waals surface area contributed by atoms with E-state index in [0.717, 1.165) is 6.07 Å². The van der Waals surface area contributed by atoms with Gasteiger partial charge in [0.2, 0.25) is 0 Å². The number of hydrogen-bond acceptors (Lipinski definition) is 4. The molecule has 19 heavy (non-hydrogen) atoms. The average Bonchev–Trinajstić information content (AvgIpc) is 2.40. The minimum absolute atomic E-state index is 0.0800. The Morgan fingerprint density at radius 1 is 1.42 bits per heavy atom. The van der Waals surface area contributed by atoms with Gasteiger partial charge in [0.1, 0.15) is 11.6 Å². The van der Waals surface area contributed by atoms with Gasteiger partial charge in [-0.2, -0.15) is 0 Å². The van der Waals surface area contributed by atoms with Gasteiger partial charge >= 0.3 is 5.97 Å². The van der Waals surface area contributed by atoms with Gasteiger partial charge in [-0.15, -0.1) is 0 Å². The van der Waals surface area contributed by atoms with Gasteiger partial charge in [0.15, 0.2) is 6.61 Å². The normalized spacial score (nSPS) is 9.84. The summed E-state index contributed by atoms with van der Waals surface area (Å²) in [4.78, 5) is 22.1. The molecule has 0 bridgehead atoms. The number of ether oxygens (including phenoxy) is 2. The van der Waals surface area contributed by atoms with Gasteiger partial charge in [0, 0.05) is 12.6 Å². The first kappa shape index (κ1) is 15.2. The molecule has 0 radical (unpaired) electrons. The molecule has 0 atom stereocenters. The summed E-state index contributed by atoms with van der Waals surface area (Å²) >= 11 is 5.56. The standard InChI is InChI=1S/C12H13ClFNO4/c1-18-12(17)4-5-15-11(16)7-19-8-2-3-10(14)9(13)6-8/h2-3,6H,4-5,7H2,1H3,(H,15,16). The summed E-state index contributed by atoms with van der Waals surface area (Å²) in [6.07, 6.45) is 0.0879. The number of carbonyl (C=O) groups excluding carboxylic acids is 2. The van der Waals surface area contributed by atoms with E-state index >= 15 is 0 Å². The van der Waals surface area contributed by atoms with Crippen molar-refractivity contribution in [1.29, 1.82) is 0 Å². The van der Waals surface area contributed by atoms with E-state index in [1.54, 1.807) is 0 Å². The van der Waals surface area contributed by atoms with Crippen LogP contribution in [0.3, 0.4) is 0 Å². The number of carbonyl (C=O) groups is 2. The molecule has 1 amide bonds. The lowest BCUT2D eigenvalue weighted by atomic mass is 10.3. The first-order valence-corrected chi connectivity index (χ1v) is 5.82. The molecule has 1 aromatic rings. The summed E-state index contributed by atoms with van der Waals surface area (Å²) in [5.41, 5.74) is 0. The van der Waals surface area contributed by atoms with E-state index in [2.05, 4.69) is 10.1 Å². The fourth-order valence-electron chi connectivity index (χ4n) is 1.17. The zero-order valence-electron chi connectivity index (χ0n) is 10.2. The summed E-state index contributed by atoms with van der Waals surface area (Å²) in [5, 5.41) is 2.39. The van der Waals surface area contributed by atoms with Crippen LogP contribution in [0.2, 0.25) is 5.02 Å². The fourth-order valence-corrected chi connectivity index (χ4v) is 1.34. The summed E-state index contributed by atoms with van der Waals surface area (Å²) in [6.45, 7) is -0.0812. The lowest BCUT2D eigenvalue weighted by molar-refractivity contribution is -0.140. The monoisotopic (exact) mass is 289 g/mol. The smallest absolute Gasteiger partial charge is 0.307 e. The highest BCUT2D eigenvalue weighted by Crippen LogP contribution is 2.20. The van der Waals surface area contributed by atoms with Crippen LogP contribution in [0.15, 0.2) is 18.2 Å². The number of amides is 1. The van der Waals surface area contributed by atoms with E-state index in [1.807, 2.05) is 0 Å². The minimum atomic E-state index is -0.559. The van der Waals surface area contributed by atoms with E-state index in [1.165, 1.54) is 19.2 Å². The van der Waals surface area contributed by atoms with Gasteiger partial charge in [-0.25, -0.2) is 4.39 Å². The van der Waals surface area contributed by atoms with Crippen molar-refractivity contribution in [2.75, 3.05) is 20.3 Å². The van der Waals surface area contributed by atoms with Gasteiger partial charge in [-0.3, -0.25) is 9.59 Å². The molecule has 1 N–H and O–H groups in total. The topological polar surface area (TPSA) is 64.6 Å². The summed E-state index contributed by atoms with van der Waals surface area (Å²) in [5.74, 6) is -1.08. The second kappa shape index (κ2) is 7.58. The second-order valence-corrected chi connectivity index (χ2v) is 3.95. The summed E-state index contributed by atoms with van der Waals surface area (Å²) < 4.78 is 22.4. The third-order valence-corrected chi connectivity index (χ3v) is 2.43. The minimum Gasteiger partial charge on any atom is -0.484 e. The first-order chi connectivity index (χ1) is 9.02. The molecule has 0 spiro atoms. The molecule has 104 valence electrons. The van der Waals surface area contributed by atoms with Crippen molar-refractivity contribution in [2.45, 2.75) is 6.42 Å². The summed E-state index contributed by atoms with van der Waals surface area (Å²) in [6, 6.07) is 3.79. The van der Waals surface area contributed by atoms with E-state index in [0.29, 0.717) is 0 Å². The quantitative estimate of drug-likeness (QED) is 0.807. The molecule has 0 unspecified atom stereocenters. The Morgan fingerprint density at radius 3 is 2.79 bits per heavy atom. The maximum Gasteiger partial charge on any atom is 0.307 e. The van der Waals surface area contributed by atoms with Gasteiger partial charge in [0.05, 0.1) is 18.6 Å². The number of benzene rings is 1. The number of hydrogen-bond donors (Lipinski definition) is 1. The SMILES string of the molecule is COC(=O)CCNC(=O)COc1ccc(F)c(Cl)c1. The number of nitrogens with one attached hydrogen (secondary N) is 1. The molecule has 1 aromatic carbocycles. The highest BCUT2D eigenvalue weighted by molar-refractivity contribution is 6.30. The maximum atomic E-state index is 12.9. The number of methoxy groups -OCH3 is 1. The van der Waals surface area contributed by atoms with E-state index in [9.17, 15) is 14.0 Å². The molecule has 0 heterocycles. The van der Waals surface area contributed by atoms with Gasteiger partial charge in [-0.05, 0) is 12.1 Å². The van der Waals surface area contributed by atoms with E-state index in [-0.39, 0.29) is 30.3 Å². The molecule has 0 saturated carbocycles. The Hall–Kier alpha value is -1.82. The molecule has 0 aliphatic carbocycles. The number of esters is 1. The van der Waals surface area contributed by atoms with Crippen LogP contribution >= 0.6 is 11.6 Å². The van der Waals surface area contributed by atoms with Crippen LogP contribution in [0.4, 0.5) is 4.39 Å². The highest BCUT2D eigenvalue weighted by Gasteiger charge is 2.06. The molecule has 0 aliphatic heterocycles. The zero-order chi connectivity index (χ0) is 14.3. The van der Waals surface area contributed by atoms with Crippen LogP contribution in [0.1, 0.15) is 6.42 Å². The molecule has 1 rings (SSSR count). The van der Waals surface area contributed by atoms with Crippen molar-refractivity contribution in [3.8, 4) is 5.75 Å². The Kier molecular flexibility index (Phi) is 6.08. The van der Waals surface area contributed by atoms with Gasteiger partial charge in [0.25, 0.3) is 5.91 Å². The lowest BCUT2D eigenvalue weighted by Gasteiger charge is -2.07. The van der Waals surface area contributed by atoms with Crippen LogP contribution in [0.25, 0.3) is 0 Å². The van der Waals surface area contributed by atoms with Crippen LogP contribution in [0, 0.1) is 5.82 Å². The zero-order valence-corrected chi connectivity index (χ0v) is 11.0. The molecular formula is C12H13ClFNO4. The fraction of sp³-hybridized carbons (Fsp3) is 0.333. The number of halogens is 2. The third-order valence-electron chi connectivity index (χ3n) is 2.14. The van der Waals surface area contributed by atoms with E-state index < -0.39 is 17.7 Å². The largest absolute Gasteiger partial charge is 0.484 e. The molecule has 5 nitrogen and oxygen atoms in total. The number of rotatable bonds is 6. The van der Waals surface area contributed by atoms with Crippen LogP contribution in [0.5, 0.6) is 5.75 Å². The Bertz CT molecular complexity index is 467. The molecule has 0 aromatic heterocycles. The molecule has 7 heteroatoms. The van der Waals surface area contributed by atoms with Crippen molar-refractivity contribution < 1.29 is 23.5 Å². The molecular weight excluding hydrogens is 277 g/mol. The van der Waals surface area contributed by atoms with Crippen LogP contribution < -0.4 is 10.1 Å². The van der Waals surface area contributed by atoms with Crippen LogP contribution in [-0.4, -0.2) is 32.1 Å². The van der Waals surface area contributed by atoms with Gasteiger partial charge < -0.3 is 14.8 Å².